The fraction of sp³-hybridized carbons (Fsp3) is 0.381. The van der Waals surface area contributed by atoms with Crippen molar-refractivity contribution in [3.8, 4) is 0 Å². The zero-order valence-corrected chi connectivity index (χ0v) is 16.4. The Hall–Kier alpha value is -2.47. The average molecular weight is 381 g/mol. The highest BCUT2D eigenvalue weighted by atomic mass is 32.1. The van der Waals surface area contributed by atoms with Gasteiger partial charge in [0.05, 0.1) is 17.2 Å². The lowest BCUT2D eigenvalue weighted by molar-refractivity contribution is 0.0778. The van der Waals surface area contributed by atoms with Crippen molar-refractivity contribution in [2.24, 2.45) is 0 Å². The van der Waals surface area contributed by atoms with E-state index in [9.17, 15) is 4.79 Å². The monoisotopic (exact) mass is 380 g/mol. The number of hydrogen-bond donors (Lipinski definition) is 1. The van der Waals surface area contributed by atoms with Crippen LogP contribution in [0.5, 0.6) is 0 Å². The molecule has 140 valence electrons. The first-order chi connectivity index (χ1) is 13.2. The van der Waals surface area contributed by atoms with Crippen LogP contribution in [-0.2, 0) is 25.8 Å². The van der Waals surface area contributed by atoms with Gasteiger partial charge < -0.3 is 4.90 Å². The third-order valence-corrected chi connectivity index (χ3v) is 5.94. The number of hydrogen-bond acceptors (Lipinski definition) is 4. The molecule has 1 aliphatic rings. The molecular weight excluding hydrogens is 356 g/mol. The maximum Gasteiger partial charge on any atom is 0.273 e. The van der Waals surface area contributed by atoms with E-state index in [4.69, 9.17) is 0 Å². The minimum Gasteiger partial charge on any atom is -0.334 e. The first-order valence-electron chi connectivity index (χ1n) is 9.49. The van der Waals surface area contributed by atoms with E-state index in [1.165, 1.54) is 36.1 Å². The summed E-state index contributed by atoms with van der Waals surface area (Å²) in [5.74, 6) is -0.0454. The molecule has 4 rings (SSSR count). The summed E-state index contributed by atoms with van der Waals surface area (Å²) in [4.78, 5) is 19.1. The second-order valence-electron chi connectivity index (χ2n) is 7.14. The van der Waals surface area contributed by atoms with Crippen molar-refractivity contribution in [1.29, 1.82) is 0 Å². The van der Waals surface area contributed by atoms with Gasteiger partial charge in [-0.2, -0.15) is 5.10 Å². The summed E-state index contributed by atoms with van der Waals surface area (Å²) in [5, 5.41) is 10.5. The minimum atomic E-state index is -0.0454. The summed E-state index contributed by atoms with van der Waals surface area (Å²) >= 11 is 1.54. The number of carbonyl (C=O) groups excluding carboxylic acids is 1. The predicted molar refractivity (Wildman–Crippen MR) is 107 cm³/mol. The molecule has 6 heteroatoms. The van der Waals surface area contributed by atoms with Gasteiger partial charge in [-0.15, -0.1) is 11.3 Å². The Morgan fingerprint density at radius 3 is 2.85 bits per heavy atom. The van der Waals surface area contributed by atoms with E-state index >= 15 is 0 Å². The van der Waals surface area contributed by atoms with Gasteiger partial charge in [0, 0.05) is 24.5 Å². The molecule has 1 amide bonds. The number of thiazole rings is 1. The zero-order chi connectivity index (χ0) is 18.6. The molecular formula is C21H24N4OS. The molecule has 0 fully saturated rings. The van der Waals surface area contributed by atoms with Crippen molar-refractivity contribution in [1.82, 2.24) is 20.1 Å². The molecule has 0 atom stereocenters. The number of aromatic nitrogens is 3. The maximum absolute atomic E-state index is 12.8. The summed E-state index contributed by atoms with van der Waals surface area (Å²) in [6, 6.07) is 10.2. The zero-order valence-electron chi connectivity index (χ0n) is 15.6. The SMILES string of the molecule is CN(Cc1n[nH]c2c1CCCCC2)C(=O)c1csc(Cc2ccccc2)n1. The van der Waals surface area contributed by atoms with Crippen LogP contribution < -0.4 is 0 Å². The number of rotatable bonds is 5. The number of aryl methyl sites for hydroxylation is 1. The Kier molecular flexibility index (Phi) is 5.34. The van der Waals surface area contributed by atoms with E-state index in [2.05, 4.69) is 27.3 Å². The second-order valence-corrected chi connectivity index (χ2v) is 8.08. The first-order valence-corrected chi connectivity index (χ1v) is 10.4. The summed E-state index contributed by atoms with van der Waals surface area (Å²) in [6.07, 6.45) is 6.56. The van der Waals surface area contributed by atoms with Crippen molar-refractivity contribution < 1.29 is 4.79 Å². The molecule has 1 N–H and O–H groups in total. The number of nitrogens with zero attached hydrogens (tertiary/aromatic N) is 3. The fourth-order valence-corrected chi connectivity index (χ4v) is 4.41. The molecule has 2 heterocycles. The van der Waals surface area contributed by atoms with Gasteiger partial charge in [-0.05, 0) is 36.8 Å². The standard InChI is InChI=1S/C21H24N4OS/c1-25(13-18-16-10-6-3-7-11-17(16)23-24-18)21(26)19-14-27-20(22-19)12-15-8-4-2-5-9-15/h2,4-5,8-9,14H,3,6-7,10-13H2,1H3,(H,23,24). The van der Waals surface area contributed by atoms with Crippen LogP contribution in [0, 0.1) is 0 Å². The summed E-state index contributed by atoms with van der Waals surface area (Å²) in [5.41, 5.74) is 5.30. The number of aromatic amines is 1. The van der Waals surface area contributed by atoms with E-state index < -0.39 is 0 Å². The molecule has 1 aliphatic carbocycles. The van der Waals surface area contributed by atoms with Gasteiger partial charge in [-0.3, -0.25) is 9.89 Å². The minimum absolute atomic E-state index is 0.0454. The average Bonchev–Trinajstić information content (AvgIpc) is 3.22. The number of fused-ring (bicyclic) bond motifs is 1. The number of H-pyrrole nitrogens is 1. The van der Waals surface area contributed by atoms with Crippen LogP contribution in [0.3, 0.4) is 0 Å². The van der Waals surface area contributed by atoms with Gasteiger partial charge in [0.25, 0.3) is 5.91 Å². The highest BCUT2D eigenvalue weighted by molar-refractivity contribution is 7.09. The van der Waals surface area contributed by atoms with Crippen molar-refractivity contribution in [2.75, 3.05) is 7.05 Å². The Bertz CT molecular complexity index is 915. The quantitative estimate of drug-likeness (QED) is 0.681. The van der Waals surface area contributed by atoms with Crippen LogP contribution in [-0.4, -0.2) is 33.0 Å². The Morgan fingerprint density at radius 1 is 1.19 bits per heavy atom. The van der Waals surface area contributed by atoms with Crippen LogP contribution in [0.25, 0.3) is 0 Å². The molecule has 0 bridgehead atoms. The van der Waals surface area contributed by atoms with E-state index in [0.29, 0.717) is 12.2 Å². The van der Waals surface area contributed by atoms with Gasteiger partial charge in [0.2, 0.25) is 0 Å². The normalized spacial score (nSPS) is 13.8. The highest BCUT2D eigenvalue weighted by Crippen LogP contribution is 2.23. The van der Waals surface area contributed by atoms with E-state index in [1.807, 2.05) is 30.6 Å². The van der Waals surface area contributed by atoms with Crippen molar-refractivity contribution >= 4 is 17.2 Å². The maximum atomic E-state index is 12.8. The smallest absolute Gasteiger partial charge is 0.273 e. The van der Waals surface area contributed by atoms with Gasteiger partial charge in [0.15, 0.2) is 0 Å². The third-order valence-electron chi connectivity index (χ3n) is 5.09. The van der Waals surface area contributed by atoms with E-state index in [1.54, 1.807) is 16.2 Å². The molecule has 0 radical (unpaired) electrons. The van der Waals surface area contributed by atoms with Gasteiger partial charge in [-0.25, -0.2) is 4.98 Å². The molecule has 3 aromatic rings. The molecule has 0 spiro atoms. The summed E-state index contributed by atoms with van der Waals surface area (Å²) in [6.45, 7) is 0.524. The Labute approximate surface area is 163 Å². The molecule has 1 aromatic carbocycles. The first kappa shape index (κ1) is 17.9. The molecule has 27 heavy (non-hydrogen) atoms. The molecule has 0 saturated heterocycles. The van der Waals surface area contributed by atoms with Crippen LogP contribution in [0.4, 0.5) is 0 Å². The largest absolute Gasteiger partial charge is 0.334 e. The molecule has 0 saturated carbocycles. The lowest BCUT2D eigenvalue weighted by Gasteiger charge is -2.15. The lowest BCUT2D eigenvalue weighted by atomic mass is 10.1. The van der Waals surface area contributed by atoms with Crippen LogP contribution in [0.1, 0.15) is 57.3 Å². The van der Waals surface area contributed by atoms with Crippen LogP contribution in [0.15, 0.2) is 35.7 Å². The number of carbonyl (C=O) groups is 1. The highest BCUT2D eigenvalue weighted by Gasteiger charge is 2.21. The van der Waals surface area contributed by atoms with Crippen molar-refractivity contribution in [2.45, 2.75) is 45.1 Å². The van der Waals surface area contributed by atoms with Crippen LogP contribution in [0.2, 0.25) is 0 Å². The fourth-order valence-electron chi connectivity index (χ4n) is 3.61. The predicted octanol–water partition coefficient (Wildman–Crippen LogP) is 4.00. The molecule has 2 aromatic heterocycles. The topological polar surface area (TPSA) is 61.9 Å². The molecule has 0 unspecified atom stereocenters. The Morgan fingerprint density at radius 2 is 2.00 bits per heavy atom. The number of nitrogens with one attached hydrogen (secondary N) is 1. The number of amides is 1. The van der Waals surface area contributed by atoms with Crippen molar-refractivity contribution in [3.05, 3.63) is 68.9 Å². The summed E-state index contributed by atoms with van der Waals surface area (Å²) in [7, 11) is 1.83. The van der Waals surface area contributed by atoms with Gasteiger partial charge in [-0.1, -0.05) is 36.8 Å². The number of benzene rings is 1. The van der Waals surface area contributed by atoms with E-state index in [-0.39, 0.29) is 5.91 Å². The van der Waals surface area contributed by atoms with Gasteiger partial charge >= 0.3 is 0 Å². The van der Waals surface area contributed by atoms with Gasteiger partial charge in [0.1, 0.15) is 5.69 Å². The third kappa shape index (κ3) is 4.11. The molecule has 5 nitrogen and oxygen atoms in total. The van der Waals surface area contributed by atoms with Crippen molar-refractivity contribution in [3.63, 3.8) is 0 Å². The van der Waals surface area contributed by atoms with Crippen LogP contribution >= 0.6 is 11.3 Å². The lowest BCUT2D eigenvalue weighted by Crippen LogP contribution is -2.27. The Balaban J connectivity index is 1.43. The second kappa shape index (κ2) is 8.05. The summed E-state index contributed by atoms with van der Waals surface area (Å²) < 4.78 is 0. The molecule has 0 aliphatic heterocycles. The van der Waals surface area contributed by atoms with E-state index in [0.717, 1.165) is 30.0 Å².